The number of hydrogen-bond donors (Lipinski definition) is 1. The van der Waals surface area contributed by atoms with Crippen LogP contribution in [0.25, 0.3) is 0 Å². The molecule has 2 aromatic carbocycles. The van der Waals surface area contributed by atoms with Crippen LogP contribution in [0.15, 0.2) is 48.5 Å². The fraction of sp³-hybridized carbons (Fsp3) is 0.200. The second-order valence-corrected chi connectivity index (χ2v) is 3.91. The van der Waals surface area contributed by atoms with Gasteiger partial charge in [0.05, 0.1) is 13.7 Å². The molecule has 2 rings (SSSR count). The standard InChI is InChI=1S/C15H16O3/c1-17-13-8-6-12(7-9-13)10-11-18-15-5-3-2-4-14(15)16/h2-9,16H,10-11H2,1H3. The summed E-state index contributed by atoms with van der Waals surface area (Å²) in [5, 5.41) is 9.53. The number of methoxy groups -OCH3 is 1. The van der Waals surface area contributed by atoms with Gasteiger partial charge >= 0.3 is 0 Å². The Bertz CT molecular complexity index is 491. The van der Waals surface area contributed by atoms with Gasteiger partial charge < -0.3 is 14.6 Å². The van der Waals surface area contributed by atoms with Crippen LogP contribution < -0.4 is 9.47 Å². The van der Waals surface area contributed by atoms with E-state index in [1.807, 2.05) is 30.3 Å². The maximum atomic E-state index is 9.53. The molecule has 94 valence electrons. The first-order chi connectivity index (χ1) is 8.79. The Labute approximate surface area is 107 Å². The molecule has 3 heteroatoms. The van der Waals surface area contributed by atoms with Crippen LogP contribution >= 0.6 is 0 Å². The van der Waals surface area contributed by atoms with Gasteiger partial charge in [-0.2, -0.15) is 0 Å². The van der Waals surface area contributed by atoms with Gasteiger partial charge in [0.1, 0.15) is 5.75 Å². The van der Waals surface area contributed by atoms with E-state index in [2.05, 4.69) is 0 Å². The van der Waals surface area contributed by atoms with E-state index in [1.165, 1.54) is 5.56 Å². The van der Waals surface area contributed by atoms with Crippen LogP contribution in [0.2, 0.25) is 0 Å². The van der Waals surface area contributed by atoms with Gasteiger partial charge in [0.2, 0.25) is 0 Å². The molecule has 0 aromatic heterocycles. The molecule has 0 saturated heterocycles. The summed E-state index contributed by atoms with van der Waals surface area (Å²) in [4.78, 5) is 0. The number of phenols is 1. The van der Waals surface area contributed by atoms with Crippen LogP contribution in [0.5, 0.6) is 17.2 Å². The lowest BCUT2D eigenvalue weighted by Crippen LogP contribution is -2.01. The molecule has 2 aromatic rings. The van der Waals surface area contributed by atoms with Crippen molar-refractivity contribution in [2.45, 2.75) is 6.42 Å². The third-order valence-electron chi connectivity index (χ3n) is 2.67. The monoisotopic (exact) mass is 244 g/mol. The van der Waals surface area contributed by atoms with Crippen LogP contribution in [0.4, 0.5) is 0 Å². The van der Waals surface area contributed by atoms with Gasteiger partial charge in [-0.3, -0.25) is 0 Å². The highest BCUT2D eigenvalue weighted by Gasteiger charge is 2.00. The highest BCUT2D eigenvalue weighted by molar-refractivity contribution is 5.38. The van der Waals surface area contributed by atoms with Gasteiger partial charge in [0.25, 0.3) is 0 Å². The normalized spacial score (nSPS) is 10.1. The molecule has 0 aliphatic rings. The topological polar surface area (TPSA) is 38.7 Å². The molecule has 0 heterocycles. The highest BCUT2D eigenvalue weighted by Crippen LogP contribution is 2.24. The first-order valence-electron chi connectivity index (χ1n) is 5.83. The van der Waals surface area contributed by atoms with Gasteiger partial charge in [-0.25, -0.2) is 0 Å². The summed E-state index contributed by atoms with van der Waals surface area (Å²) >= 11 is 0. The Balaban J connectivity index is 1.86. The van der Waals surface area contributed by atoms with Crippen molar-refractivity contribution in [3.8, 4) is 17.2 Å². The average molecular weight is 244 g/mol. The largest absolute Gasteiger partial charge is 0.504 e. The van der Waals surface area contributed by atoms with Crippen LogP contribution in [0, 0.1) is 0 Å². The second kappa shape index (κ2) is 5.96. The molecule has 0 radical (unpaired) electrons. The molecule has 0 aliphatic carbocycles. The third-order valence-corrected chi connectivity index (χ3v) is 2.67. The van der Waals surface area contributed by atoms with E-state index >= 15 is 0 Å². The van der Waals surface area contributed by atoms with Crippen LogP contribution in [-0.4, -0.2) is 18.8 Å². The lowest BCUT2D eigenvalue weighted by atomic mass is 10.1. The third kappa shape index (κ3) is 3.17. The van der Waals surface area contributed by atoms with E-state index in [4.69, 9.17) is 9.47 Å². The van der Waals surface area contributed by atoms with E-state index in [1.54, 1.807) is 25.3 Å². The zero-order chi connectivity index (χ0) is 12.8. The van der Waals surface area contributed by atoms with E-state index in [0.717, 1.165) is 12.2 Å². The van der Waals surface area contributed by atoms with E-state index in [0.29, 0.717) is 12.4 Å². The molecule has 0 bridgehead atoms. The molecule has 0 spiro atoms. The van der Waals surface area contributed by atoms with E-state index in [-0.39, 0.29) is 5.75 Å². The minimum absolute atomic E-state index is 0.173. The molecule has 0 aliphatic heterocycles. The molecule has 3 nitrogen and oxygen atoms in total. The predicted octanol–water partition coefficient (Wildman–Crippen LogP) is 3.02. The molecule has 0 fully saturated rings. The summed E-state index contributed by atoms with van der Waals surface area (Å²) in [5.41, 5.74) is 1.17. The van der Waals surface area contributed by atoms with Gasteiger partial charge in [-0.1, -0.05) is 24.3 Å². The van der Waals surface area contributed by atoms with Gasteiger partial charge in [0.15, 0.2) is 11.5 Å². The smallest absolute Gasteiger partial charge is 0.160 e. The molecule has 1 N–H and O–H groups in total. The fourth-order valence-corrected chi connectivity index (χ4v) is 1.65. The second-order valence-electron chi connectivity index (χ2n) is 3.91. The van der Waals surface area contributed by atoms with Gasteiger partial charge in [-0.05, 0) is 29.8 Å². The van der Waals surface area contributed by atoms with Crippen LogP contribution in [0.3, 0.4) is 0 Å². The molecule has 18 heavy (non-hydrogen) atoms. The number of aromatic hydroxyl groups is 1. The Morgan fingerprint density at radius 3 is 2.39 bits per heavy atom. The number of para-hydroxylation sites is 2. The molecule has 0 amide bonds. The van der Waals surface area contributed by atoms with Crippen molar-refractivity contribution in [1.29, 1.82) is 0 Å². The lowest BCUT2D eigenvalue weighted by molar-refractivity contribution is 0.303. The number of phenolic OH excluding ortho intramolecular Hbond substituents is 1. The molecule has 0 atom stereocenters. The van der Waals surface area contributed by atoms with Gasteiger partial charge in [-0.15, -0.1) is 0 Å². The Morgan fingerprint density at radius 2 is 1.72 bits per heavy atom. The first kappa shape index (κ1) is 12.3. The van der Waals surface area contributed by atoms with Crippen molar-refractivity contribution in [3.05, 3.63) is 54.1 Å². The summed E-state index contributed by atoms with van der Waals surface area (Å²) in [6, 6.07) is 14.8. The van der Waals surface area contributed by atoms with Gasteiger partial charge in [0, 0.05) is 6.42 Å². The summed E-state index contributed by atoms with van der Waals surface area (Å²) in [7, 11) is 1.65. The van der Waals surface area contributed by atoms with E-state index in [9.17, 15) is 5.11 Å². The molecule has 0 unspecified atom stereocenters. The molecular formula is C15H16O3. The Kier molecular flexibility index (Phi) is 4.07. The summed E-state index contributed by atoms with van der Waals surface area (Å²) < 4.78 is 10.6. The lowest BCUT2D eigenvalue weighted by Gasteiger charge is -2.08. The zero-order valence-electron chi connectivity index (χ0n) is 10.3. The molecule has 0 saturated carbocycles. The Hall–Kier alpha value is -2.16. The SMILES string of the molecule is COc1ccc(CCOc2ccccc2O)cc1. The van der Waals surface area contributed by atoms with Crippen molar-refractivity contribution in [2.24, 2.45) is 0 Å². The maximum Gasteiger partial charge on any atom is 0.160 e. The van der Waals surface area contributed by atoms with Crippen LogP contribution in [-0.2, 0) is 6.42 Å². The summed E-state index contributed by atoms with van der Waals surface area (Å²) in [6.07, 6.45) is 0.790. The fourth-order valence-electron chi connectivity index (χ4n) is 1.65. The highest BCUT2D eigenvalue weighted by atomic mass is 16.5. The number of ether oxygens (including phenoxy) is 2. The Morgan fingerprint density at radius 1 is 1.00 bits per heavy atom. The predicted molar refractivity (Wildman–Crippen MR) is 70.3 cm³/mol. The summed E-state index contributed by atoms with van der Waals surface area (Å²) in [5.74, 6) is 1.54. The summed E-state index contributed by atoms with van der Waals surface area (Å²) in [6.45, 7) is 0.532. The van der Waals surface area contributed by atoms with Crippen molar-refractivity contribution >= 4 is 0 Å². The number of rotatable bonds is 5. The van der Waals surface area contributed by atoms with Crippen molar-refractivity contribution in [3.63, 3.8) is 0 Å². The molecular weight excluding hydrogens is 228 g/mol. The van der Waals surface area contributed by atoms with E-state index < -0.39 is 0 Å². The first-order valence-corrected chi connectivity index (χ1v) is 5.83. The number of hydrogen-bond acceptors (Lipinski definition) is 3. The number of benzene rings is 2. The minimum Gasteiger partial charge on any atom is -0.504 e. The van der Waals surface area contributed by atoms with Crippen molar-refractivity contribution in [2.75, 3.05) is 13.7 Å². The van der Waals surface area contributed by atoms with Crippen LogP contribution in [0.1, 0.15) is 5.56 Å². The maximum absolute atomic E-state index is 9.53. The van der Waals surface area contributed by atoms with Crippen molar-refractivity contribution in [1.82, 2.24) is 0 Å². The zero-order valence-corrected chi connectivity index (χ0v) is 10.3. The minimum atomic E-state index is 0.173. The van der Waals surface area contributed by atoms with Crippen molar-refractivity contribution < 1.29 is 14.6 Å². The quantitative estimate of drug-likeness (QED) is 0.878. The average Bonchev–Trinajstić information content (AvgIpc) is 2.42.